The van der Waals surface area contributed by atoms with Crippen LogP contribution in [0.1, 0.15) is 41.9 Å². The van der Waals surface area contributed by atoms with E-state index in [-0.39, 0.29) is 5.91 Å². The van der Waals surface area contributed by atoms with Gasteiger partial charge in [0.05, 0.1) is 12.3 Å². The average Bonchev–Trinajstić information content (AvgIpc) is 3.14. The highest BCUT2D eigenvalue weighted by Crippen LogP contribution is 2.23. The lowest BCUT2D eigenvalue weighted by molar-refractivity contribution is -0.113. The number of hydrogen-bond acceptors (Lipinski definition) is 5. The van der Waals surface area contributed by atoms with Gasteiger partial charge in [-0.15, -0.1) is 10.2 Å². The molecule has 0 unspecified atom stereocenters. The molecule has 0 aliphatic heterocycles. The van der Waals surface area contributed by atoms with Crippen LogP contribution in [0, 0.1) is 20.8 Å². The van der Waals surface area contributed by atoms with Crippen LogP contribution in [0.15, 0.2) is 41.6 Å². The zero-order valence-electron chi connectivity index (χ0n) is 19.0. The number of carbonyl (C=O) groups is 1. The molecule has 0 radical (unpaired) electrons. The largest absolute Gasteiger partial charge is 0.378 e. The molecule has 0 aliphatic rings. The Hall–Kier alpha value is -2.80. The molecule has 1 heterocycles. The van der Waals surface area contributed by atoms with E-state index >= 15 is 0 Å². The maximum atomic E-state index is 12.6. The maximum absolute atomic E-state index is 12.6. The van der Waals surface area contributed by atoms with Crippen LogP contribution in [-0.2, 0) is 24.3 Å². The van der Waals surface area contributed by atoms with Gasteiger partial charge >= 0.3 is 0 Å². The molecular weight excluding hydrogens is 406 g/mol. The molecule has 3 rings (SSSR count). The fourth-order valence-electron chi connectivity index (χ4n) is 3.57. The van der Waals surface area contributed by atoms with E-state index in [9.17, 15) is 4.79 Å². The molecule has 0 bridgehead atoms. The Morgan fingerprint density at radius 1 is 1.06 bits per heavy atom. The molecule has 0 atom stereocenters. The Kier molecular flexibility index (Phi) is 7.74. The third kappa shape index (κ3) is 5.67. The zero-order chi connectivity index (χ0) is 22.4. The highest BCUT2D eigenvalue weighted by atomic mass is 32.2. The smallest absolute Gasteiger partial charge is 0.234 e. The number of anilines is 2. The van der Waals surface area contributed by atoms with E-state index in [0.29, 0.717) is 12.3 Å². The van der Waals surface area contributed by atoms with E-state index in [1.54, 1.807) is 0 Å². The topological polar surface area (TPSA) is 71.8 Å². The molecular formula is C24H31N5OS. The van der Waals surface area contributed by atoms with Crippen LogP contribution in [-0.4, -0.2) is 26.4 Å². The summed E-state index contributed by atoms with van der Waals surface area (Å²) in [4.78, 5) is 12.6. The minimum Gasteiger partial charge on any atom is -0.378 e. The molecule has 1 amide bonds. The molecule has 2 N–H and O–H groups in total. The van der Waals surface area contributed by atoms with Crippen molar-refractivity contribution in [3.05, 3.63) is 64.5 Å². The first-order valence-corrected chi connectivity index (χ1v) is 11.7. The van der Waals surface area contributed by atoms with E-state index in [4.69, 9.17) is 0 Å². The van der Waals surface area contributed by atoms with Crippen LogP contribution >= 0.6 is 11.8 Å². The number of thioether (sulfide) groups is 1. The van der Waals surface area contributed by atoms with Crippen molar-refractivity contribution in [2.45, 2.75) is 59.3 Å². The van der Waals surface area contributed by atoms with Gasteiger partial charge in [-0.3, -0.25) is 4.79 Å². The van der Waals surface area contributed by atoms with Gasteiger partial charge in [0, 0.05) is 17.9 Å². The number of amides is 1. The summed E-state index contributed by atoms with van der Waals surface area (Å²) in [5.41, 5.74) is 6.69. The Labute approximate surface area is 188 Å². The van der Waals surface area contributed by atoms with E-state index in [1.165, 1.54) is 22.9 Å². The third-order valence-corrected chi connectivity index (χ3v) is 6.23. The third-order valence-electron chi connectivity index (χ3n) is 5.27. The summed E-state index contributed by atoms with van der Waals surface area (Å²) in [5.74, 6) is 1.12. The van der Waals surface area contributed by atoms with E-state index in [0.717, 1.165) is 46.4 Å². The van der Waals surface area contributed by atoms with Crippen molar-refractivity contribution in [1.29, 1.82) is 0 Å². The van der Waals surface area contributed by atoms with E-state index in [2.05, 4.69) is 77.4 Å². The molecule has 0 aliphatic carbocycles. The van der Waals surface area contributed by atoms with Gasteiger partial charge in [0.1, 0.15) is 0 Å². The summed E-state index contributed by atoms with van der Waals surface area (Å²) in [6.07, 6.45) is 0.880. The number of aromatic nitrogens is 3. The van der Waals surface area contributed by atoms with Crippen LogP contribution in [0.25, 0.3) is 0 Å². The Morgan fingerprint density at radius 3 is 2.58 bits per heavy atom. The van der Waals surface area contributed by atoms with Crippen molar-refractivity contribution in [2.24, 2.45) is 0 Å². The number of para-hydroxylation sites is 1. The second-order valence-electron chi connectivity index (χ2n) is 7.61. The Balaban J connectivity index is 1.62. The van der Waals surface area contributed by atoms with Gasteiger partial charge in [-0.05, 0) is 56.9 Å². The number of benzene rings is 2. The van der Waals surface area contributed by atoms with Crippen LogP contribution in [0.5, 0.6) is 0 Å². The van der Waals surface area contributed by atoms with Gasteiger partial charge in [-0.1, -0.05) is 54.6 Å². The van der Waals surface area contributed by atoms with Gasteiger partial charge in [-0.25, -0.2) is 0 Å². The SMILES string of the molecule is CCc1cccc(C)c1NC(=O)CSc1nnc(CNc2ccc(C)cc2C)n1CC. The van der Waals surface area contributed by atoms with Crippen molar-refractivity contribution in [2.75, 3.05) is 16.4 Å². The summed E-state index contributed by atoms with van der Waals surface area (Å²) >= 11 is 1.42. The maximum Gasteiger partial charge on any atom is 0.234 e. The first-order chi connectivity index (χ1) is 14.9. The summed E-state index contributed by atoms with van der Waals surface area (Å²) < 4.78 is 2.06. The standard InChI is InChI=1S/C24H31N5OS/c1-6-19-10-8-9-17(4)23(19)26-22(30)15-31-24-28-27-21(29(24)7-2)14-25-20-12-11-16(3)13-18(20)5/h8-13,25H,6-7,14-15H2,1-5H3,(H,26,30). The van der Waals surface area contributed by atoms with Crippen molar-refractivity contribution in [3.8, 4) is 0 Å². The van der Waals surface area contributed by atoms with Crippen molar-refractivity contribution < 1.29 is 4.79 Å². The van der Waals surface area contributed by atoms with E-state index in [1.807, 2.05) is 19.1 Å². The molecule has 164 valence electrons. The summed E-state index contributed by atoms with van der Waals surface area (Å²) in [6.45, 7) is 11.7. The fourth-order valence-corrected chi connectivity index (χ4v) is 4.39. The molecule has 3 aromatic rings. The first kappa shape index (κ1) is 22.9. The van der Waals surface area contributed by atoms with Crippen molar-refractivity contribution in [3.63, 3.8) is 0 Å². The monoisotopic (exact) mass is 437 g/mol. The highest BCUT2D eigenvalue weighted by molar-refractivity contribution is 7.99. The van der Waals surface area contributed by atoms with Gasteiger partial charge < -0.3 is 15.2 Å². The molecule has 7 heteroatoms. The van der Waals surface area contributed by atoms with Gasteiger partial charge in [0.2, 0.25) is 5.91 Å². The highest BCUT2D eigenvalue weighted by Gasteiger charge is 2.15. The molecule has 6 nitrogen and oxygen atoms in total. The average molecular weight is 438 g/mol. The molecule has 1 aromatic heterocycles. The minimum absolute atomic E-state index is 0.0328. The van der Waals surface area contributed by atoms with Crippen LogP contribution in [0.2, 0.25) is 0 Å². The van der Waals surface area contributed by atoms with Crippen molar-refractivity contribution >= 4 is 29.0 Å². The summed E-state index contributed by atoms with van der Waals surface area (Å²) in [7, 11) is 0. The van der Waals surface area contributed by atoms with Gasteiger partial charge in [0.25, 0.3) is 0 Å². The number of nitrogens with one attached hydrogen (secondary N) is 2. The number of aryl methyl sites for hydroxylation is 4. The van der Waals surface area contributed by atoms with E-state index < -0.39 is 0 Å². The Morgan fingerprint density at radius 2 is 1.87 bits per heavy atom. The van der Waals surface area contributed by atoms with Crippen LogP contribution in [0.4, 0.5) is 11.4 Å². The number of rotatable bonds is 9. The van der Waals surface area contributed by atoms with Crippen LogP contribution in [0.3, 0.4) is 0 Å². The molecule has 0 fully saturated rings. The predicted molar refractivity (Wildman–Crippen MR) is 129 cm³/mol. The summed E-state index contributed by atoms with van der Waals surface area (Å²) in [6, 6.07) is 12.4. The minimum atomic E-state index is -0.0328. The first-order valence-electron chi connectivity index (χ1n) is 10.7. The molecule has 0 spiro atoms. The van der Waals surface area contributed by atoms with Crippen molar-refractivity contribution in [1.82, 2.24) is 14.8 Å². The molecule has 0 saturated heterocycles. The summed E-state index contributed by atoms with van der Waals surface area (Å²) in [5, 5.41) is 16.0. The lowest BCUT2D eigenvalue weighted by Gasteiger charge is -2.13. The zero-order valence-corrected chi connectivity index (χ0v) is 19.8. The van der Waals surface area contributed by atoms with Crippen LogP contribution < -0.4 is 10.6 Å². The number of hydrogen-bond donors (Lipinski definition) is 2. The lowest BCUT2D eigenvalue weighted by atomic mass is 10.1. The quantitative estimate of drug-likeness (QED) is 0.454. The molecule has 2 aromatic carbocycles. The second kappa shape index (κ2) is 10.5. The number of nitrogens with zero attached hydrogens (tertiary/aromatic N) is 3. The molecule has 31 heavy (non-hydrogen) atoms. The normalized spacial score (nSPS) is 10.9. The predicted octanol–water partition coefficient (Wildman–Crippen LogP) is 5.13. The lowest BCUT2D eigenvalue weighted by Crippen LogP contribution is -2.17. The van der Waals surface area contributed by atoms with Gasteiger partial charge in [0.15, 0.2) is 11.0 Å². The molecule has 0 saturated carbocycles. The number of carbonyl (C=O) groups excluding carboxylic acids is 1. The second-order valence-corrected chi connectivity index (χ2v) is 8.56. The Bertz CT molecular complexity index is 1060. The fraction of sp³-hybridized carbons (Fsp3) is 0.375. The van der Waals surface area contributed by atoms with Gasteiger partial charge in [-0.2, -0.15) is 0 Å².